The zero-order valence-electron chi connectivity index (χ0n) is 11.2. The molecular formula is C12H19N5OS2. The number of aromatic nitrogens is 1. The topological polar surface area (TPSA) is 97.3 Å². The van der Waals surface area contributed by atoms with Crippen molar-refractivity contribution in [2.75, 3.05) is 35.2 Å². The van der Waals surface area contributed by atoms with Crippen molar-refractivity contribution in [2.24, 2.45) is 5.73 Å². The van der Waals surface area contributed by atoms with Crippen molar-refractivity contribution < 1.29 is 4.79 Å². The van der Waals surface area contributed by atoms with E-state index in [1.807, 2.05) is 11.8 Å². The fourth-order valence-electron chi connectivity index (χ4n) is 2.48. The van der Waals surface area contributed by atoms with E-state index >= 15 is 0 Å². The lowest BCUT2D eigenvalue weighted by molar-refractivity contribution is 0.0946. The predicted molar refractivity (Wildman–Crippen MR) is 84.5 cm³/mol. The van der Waals surface area contributed by atoms with Crippen LogP contribution in [0.15, 0.2) is 0 Å². The van der Waals surface area contributed by atoms with Crippen LogP contribution in [-0.4, -0.2) is 47.6 Å². The van der Waals surface area contributed by atoms with Gasteiger partial charge in [-0.1, -0.05) is 11.3 Å². The van der Waals surface area contributed by atoms with Crippen LogP contribution in [0.25, 0.3) is 0 Å². The van der Waals surface area contributed by atoms with Crippen molar-refractivity contribution in [1.29, 1.82) is 0 Å². The van der Waals surface area contributed by atoms with E-state index in [0.29, 0.717) is 10.7 Å². The summed E-state index contributed by atoms with van der Waals surface area (Å²) in [6, 6.07) is 0.450. The average Bonchev–Trinajstić information content (AvgIpc) is 3.10. The number of thioether (sulfide) groups is 1. The molecule has 6 nitrogen and oxygen atoms in total. The Kier molecular flexibility index (Phi) is 4.04. The molecule has 2 aliphatic rings. The Labute approximate surface area is 126 Å². The summed E-state index contributed by atoms with van der Waals surface area (Å²) in [5.74, 6) is 2.33. The molecule has 3 heterocycles. The van der Waals surface area contributed by atoms with E-state index in [1.54, 1.807) is 0 Å². The monoisotopic (exact) mass is 313 g/mol. The maximum Gasteiger partial charge on any atom is 0.265 e. The van der Waals surface area contributed by atoms with E-state index in [9.17, 15) is 4.79 Å². The summed E-state index contributed by atoms with van der Waals surface area (Å²) < 4.78 is 0. The highest BCUT2D eigenvalue weighted by molar-refractivity contribution is 7.99. The zero-order chi connectivity index (χ0) is 14.1. The highest BCUT2D eigenvalue weighted by atomic mass is 32.2. The molecule has 8 heteroatoms. The van der Waals surface area contributed by atoms with Gasteiger partial charge in [-0.3, -0.25) is 4.79 Å². The maximum atomic E-state index is 12.2. The number of nitrogen functional groups attached to an aromatic ring is 1. The van der Waals surface area contributed by atoms with Crippen molar-refractivity contribution in [2.45, 2.75) is 24.9 Å². The first-order valence-electron chi connectivity index (χ1n) is 6.79. The summed E-state index contributed by atoms with van der Waals surface area (Å²) in [6.45, 7) is 1.67. The number of rotatable bonds is 3. The van der Waals surface area contributed by atoms with Crippen molar-refractivity contribution in [3.8, 4) is 0 Å². The molecule has 1 aromatic heterocycles. The van der Waals surface area contributed by atoms with Crippen LogP contribution < -0.4 is 21.7 Å². The number of thiazole rings is 1. The lowest BCUT2D eigenvalue weighted by atomic mass is 10.2. The van der Waals surface area contributed by atoms with Crippen LogP contribution in [0.5, 0.6) is 0 Å². The second kappa shape index (κ2) is 5.79. The Hall–Kier alpha value is -0.990. The highest BCUT2D eigenvalue weighted by Crippen LogP contribution is 2.30. The fourth-order valence-corrected chi connectivity index (χ4v) is 4.55. The van der Waals surface area contributed by atoms with Crippen LogP contribution in [-0.2, 0) is 0 Å². The standard InChI is InChI=1S/C12H19N5OS2/c13-7-1-3-17(5-7)12-16-10(14)9(20-12)11(18)15-8-2-4-19-6-8/h7-8H,1-6,13-14H2,(H,15,18). The van der Waals surface area contributed by atoms with Crippen LogP contribution in [0.3, 0.4) is 0 Å². The molecule has 0 aliphatic carbocycles. The molecule has 110 valence electrons. The Balaban J connectivity index is 1.69. The van der Waals surface area contributed by atoms with Gasteiger partial charge in [-0.05, 0) is 18.6 Å². The summed E-state index contributed by atoms with van der Waals surface area (Å²) in [6.07, 6.45) is 1.99. The molecule has 20 heavy (non-hydrogen) atoms. The first-order valence-corrected chi connectivity index (χ1v) is 8.76. The minimum absolute atomic E-state index is 0.0951. The second-order valence-electron chi connectivity index (χ2n) is 5.24. The van der Waals surface area contributed by atoms with Crippen LogP contribution >= 0.6 is 23.1 Å². The summed E-state index contributed by atoms with van der Waals surface area (Å²) >= 11 is 3.23. The van der Waals surface area contributed by atoms with E-state index in [2.05, 4.69) is 15.2 Å². The molecule has 2 saturated heterocycles. The van der Waals surface area contributed by atoms with E-state index in [0.717, 1.165) is 42.6 Å². The Morgan fingerprint density at radius 3 is 2.95 bits per heavy atom. The average molecular weight is 313 g/mol. The number of amides is 1. The molecule has 2 aliphatic heterocycles. The van der Waals surface area contributed by atoms with Gasteiger partial charge < -0.3 is 21.7 Å². The van der Waals surface area contributed by atoms with Gasteiger partial charge in [0.25, 0.3) is 5.91 Å². The van der Waals surface area contributed by atoms with Gasteiger partial charge in [-0.25, -0.2) is 4.98 Å². The van der Waals surface area contributed by atoms with Crippen molar-refractivity contribution in [3.05, 3.63) is 4.88 Å². The van der Waals surface area contributed by atoms with Crippen molar-refractivity contribution in [1.82, 2.24) is 10.3 Å². The van der Waals surface area contributed by atoms with Crippen LogP contribution in [0.4, 0.5) is 10.9 Å². The molecule has 3 rings (SSSR count). The molecule has 2 fully saturated rings. The van der Waals surface area contributed by atoms with E-state index in [4.69, 9.17) is 11.5 Å². The highest BCUT2D eigenvalue weighted by Gasteiger charge is 2.26. The lowest BCUT2D eigenvalue weighted by Crippen LogP contribution is -2.34. The van der Waals surface area contributed by atoms with Gasteiger partial charge >= 0.3 is 0 Å². The predicted octanol–water partition coefficient (Wildman–Crippen LogP) is 0.498. The van der Waals surface area contributed by atoms with E-state index in [-0.39, 0.29) is 18.0 Å². The molecule has 0 radical (unpaired) electrons. The van der Waals surface area contributed by atoms with Gasteiger partial charge in [0.2, 0.25) is 0 Å². The Bertz CT molecular complexity index is 500. The van der Waals surface area contributed by atoms with Gasteiger partial charge in [-0.2, -0.15) is 11.8 Å². The largest absolute Gasteiger partial charge is 0.382 e. The summed E-state index contributed by atoms with van der Waals surface area (Å²) in [5, 5.41) is 3.84. The smallest absolute Gasteiger partial charge is 0.265 e. The molecule has 2 unspecified atom stereocenters. The van der Waals surface area contributed by atoms with Gasteiger partial charge in [0.05, 0.1) is 0 Å². The fraction of sp³-hybridized carbons (Fsp3) is 0.667. The number of carbonyl (C=O) groups excluding carboxylic acids is 1. The maximum absolute atomic E-state index is 12.2. The number of nitrogens with two attached hydrogens (primary N) is 2. The number of nitrogens with one attached hydrogen (secondary N) is 1. The van der Waals surface area contributed by atoms with Gasteiger partial charge in [-0.15, -0.1) is 0 Å². The number of anilines is 2. The van der Waals surface area contributed by atoms with Crippen LogP contribution in [0.1, 0.15) is 22.5 Å². The third-order valence-electron chi connectivity index (χ3n) is 3.61. The van der Waals surface area contributed by atoms with Crippen LogP contribution in [0.2, 0.25) is 0 Å². The Morgan fingerprint density at radius 2 is 2.30 bits per heavy atom. The summed E-state index contributed by atoms with van der Waals surface area (Å²) in [4.78, 5) is 19.2. The molecule has 1 amide bonds. The first-order chi connectivity index (χ1) is 9.63. The normalized spacial score (nSPS) is 26.1. The zero-order valence-corrected chi connectivity index (χ0v) is 12.8. The van der Waals surface area contributed by atoms with E-state index < -0.39 is 0 Å². The minimum Gasteiger partial charge on any atom is -0.382 e. The summed E-state index contributed by atoms with van der Waals surface area (Å²) in [7, 11) is 0. The van der Waals surface area contributed by atoms with Gasteiger partial charge in [0, 0.05) is 30.9 Å². The number of carbonyl (C=O) groups is 1. The number of hydrogen-bond donors (Lipinski definition) is 3. The van der Waals surface area contributed by atoms with Gasteiger partial charge in [0.15, 0.2) is 5.13 Å². The van der Waals surface area contributed by atoms with Crippen molar-refractivity contribution in [3.63, 3.8) is 0 Å². The SMILES string of the molecule is Nc1nc(N2CCC(N)C2)sc1C(=O)NC1CCSC1. The molecule has 0 aromatic carbocycles. The quantitative estimate of drug-likeness (QED) is 0.752. The van der Waals surface area contributed by atoms with Crippen LogP contribution in [0, 0.1) is 0 Å². The molecule has 0 spiro atoms. The molecule has 0 bridgehead atoms. The number of nitrogens with zero attached hydrogens (tertiary/aromatic N) is 2. The molecular weight excluding hydrogens is 294 g/mol. The third-order valence-corrected chi connectivity index (χ3v) is 5.90. The minimum atomic E-state index is -0.0951. The third kappa shape index (κ3) is 2.87. The Morgan fingerprint density at radius 1 is 1.45 bits per heavy atom. The number of hydrogen-bond acceptors (Lipinski definition) is 7. The van der Waals surface area contributed by atoms with Crippen molar-refractivity contribution >= 4 is 40.0 Å². The molecule has 1 aromatic rings. The summed E-state index contributed by atoms with van der Waals surface area (Å²) in [5.41, 5.74) is 11.8. The van der Waals surface area contributed by atoms with Gasteiger partial charge in [0.1, 0.15) is 10.7 Å². The lowest BCUT2D eigenvalue weighted by Gasteiger charge is -2.13. The molecule has 5 N–H and O–H groups in total. The molecule has 2 atom stereocenters. The molecule has 0 saturated carbocycles. The second-order valence-corrected chi connectivity index (χ2v) is 7.37. The first kappa shape index (κ1) is 14.0. The van der Waals surface area contributed by atoms with E-state index in [1.165, 1.54) is 11.3 Å².